The number of benzene rings is 1. The quantitative estimate of drug-likeness (QED) is 0.833. The van der Waals surface area contributed by atoms with Crippen molar-refractivity contribution >= 4 is 15.9 Å². The predicted octanol–water partition coefficient (Wildman–Crippen LogP) is 3.66. The molecule has 1 N–H and O–H groups in total. The molecule has 1 aliphatic rings. The lowest BCUT2D eigenvalue weighted by atomic mass is 9.87. The number of sulfone groups is 1. The molecule has 1 heterocycles. The van der Waals surface area contributed by atoms with Crippen LogP contribution in [0.4, 0.5) is 18.0 Å². The summed E-state index contributed by atoms with van der Waals surface area (Å²) in [5.41, 5.74) is 0.640. The zero-order valence-electron chi connectivity index (χ0n) is 15.1. The summed E-state index contributed by atoms with van der Waals surface area (Å²) in [6.07, 6.45) is -2.30. The zero-order valence-corrected chi connectivity index (χ0v) is 15.9. The fourth-order valence-corrected chi connectivity index (χ4v) is 3.60. The molecule has 2 rings (SSSR count). The van der Waals surface area contributed by atoms with Crippen molar-refractivity contribution in [1.29, 1.82) is 0 Å². The SMILES string of the molecule is C[C@@H](/C=C/S(C)(=O)=O)NC(=O)N1CC[C@@H](C(F)(F)F)C[C@H]1c1ccccc1. The molecule has 3 atom stereocenters. The van der Waals surface area contributed by atoms with Crippen molar-refractivity contribution < 1.29 is 26.4 Å². The maximum Gasteiger partial charge on any atom is 0.391 e. The van der Waals surface area contributed by atoms with E-state index in [2.05, 4.69) is 5.32 Å². The van der Waals surface area contributed by atoms with Crippen LogP contribution >= 0.6 is 0 Å². The van der Waals surface area contributed by atoms with E-state index in [1.165, 1.54) is 11.0 Å². The summed E-state index contributed by atoms with van der Waals surface area (Å²) in [4.78, 5) is 14.0. The van der Waals surface area contributed by atoms with Crippen molar-refractivity contribution in [3.8, 4) is 0 Å². The van der Waals surface area contributed by atoms with E-state index < -0.39 is 40.0 Å². The van der Waals surface area contributed by atoms with Gasteiger partial charge in [0, 0.05) is 24.3 Å². The number of halogens is 3. The summed E-state index contributed by atoms with van der Waals surface area (Å²) in [5, 5.41) is 3.62. The number of rotatable bonds is 4. The maximum absolute atomic E-state index is 13.2. The van der Waals surface area contributed by atoms with Crippen molar-refractivity contribution in [3.05, 3.63) is 47.4 Å². The molecule has 1 aromatic carbocycles. The van der Waals surface area contributed by atoms with E-state index in [0.29, 0.717) is 5.56 Å². The Bertz CT molecular complexity index is 779. The molecule has 0 radical (unpaired) electrons. The minimum atomic E-state index is -4.30. The second-order valence-corrected chi connectivity index (χ2v) is 8.71. The number of hydrogen-bond donors (Lipinski definition) is 1. The summed E-state index contributed by atoms with van der Waals surface area (Å²) < 4.78 is 61.9. The number of carbonyl (C=O) groups is 1. The lowest BCUT2D eigenvalue weighted by Gasteiger charge is -2.40. The number of nitrogens with zero attached hydrogens (tertiary/aromatic N) is 1. The summed E-state index contributed by atoms with van der Waals surface area (Å²) in [6, 6.07) is 6.82. The number of alkyl halides is 3. The van der Waals surface area contributed by atoms with Crippen molar-refractivity contribution in [2.24, 2.45) is 5.92 Å². The molecule has 0 unspecified atom stereocenters. The minimum Gasteiger partial charge on any atom is -0.332 e. The predicted molar refractivity (Wildman–Crippen MR) is 96.6 cm³/mol. The first-order valence-electron chi connectivity index (χ1n) is 8.54. The van der Waals surface area contributed by atoms with Crippen LogP contribution < -0.4 is 5.32 Å². The van der Waals surface area contributed by atoms with Gasteiger partial charge in [-0.1, -0.05) is 36.4 Å². The summed E-state index contributed by atoms with van der Waals surface area (Å²) in [5.74, 6) is -1.46. The van der Waals surface area contributed by atoms with E-state index in [1.807, 2.05) is 0 Å². The van der Waals surface area contributed by atoms with Gasteiger partial charge in [-0.2, -0.15) is 13.2 Å². The second kappa shape index (κ2) is 8.33. The Labute approximate surface area is 157 Å². The van der Waals surface area contributed by atoms with E-state index in [-0.39, 0.29) is 19.4 Å². The largest absolute Gasteiger partial charge is 0.391 e. The average Bonchev–Trinajstić information content (AvgIpc) is 2.59. The normalized spacial score (nSPS) is 22.6. The highest BCUT2D eigenvalue weighted by Crippen LogP contribution is 2.42. The van der Waals surface area contributed by atoms with Crippen LogP contribution in [0.5, 0.6) is 0 Å². The molecule has 5 nitrogen and oxygen atoms in total. The molecule has 9 heteroatoms. The molecular weight excluding hydrogens is 381 g/mol. The van der Waals surface area contributed by atoms with Gasteiger partial charge in [0.1, 0.15) is 0 Å². The second-order valence-electron chi connectivity index (χ2n) is 6.78. The average molecular weight is 404 g/mol. The van der Waals surface area contributed by atoms with Gasteiger partial charge >= 0.3 is 12.2 Å². The monoisotopic (exact) mass is 404 g/mol. The highest BCUT2D eigenvalue weighted by molar-refractivity contribution is 7.93. The Morgan fingerprint density at radius 1 is 1.30 bits per heavy atom. The standard InChI is InChI=1S/C18H23F3N2O3S/c1-13(9-11-27(2,25)26)22-17(24)23-10-8-15(18(19,20)21)12-16(23)14-6-4-3-5-7-14/h3-7,9,11,13,15-16H,8,10,12H2,1-2H3,(H,22,24)/b11-9+/t13-,15+,16-/m0/s1. The van der Waals surface area contributed by atoms with Gasteiger partial charge in [0.2, 0.25) is 0 Å². The highest BCUT2D eigenvalue weighted by Gasteiger charge is 2.45. The van der Waals surface area contributed by atoms with E-state index in [0.717, 1.165) is 11.7 Å². The Morgan fingerprint density at radius 2 is 1.93 bits per heavy atom. The highest BCUT2D eigenvalue weighted by atomic mass is 32.2. The van der Waals surface area contributed by atoms with Gasteiger partial charge in [-0.05, 0) is 25.3 Å². The molecule has 0 aromatic heterocycles. The van der Waals surface area contributed by atoms with Crippen molar-refractivity contribution in [2.75, 3.05) is 12.8 Å². The van der Waals surface area contributed by atoms with Crippen LogP contribution in [0.3, 0.4) is 0 Å². The molecule has 0 aliphatic carbocycles. The molecule has 0 spiro atoms. The molecule has 1 fully saturated rings. The molecule has 150 valence electrons. The molecule has 27 heavy (non-hydrogen) atoms. The Kier molecular flexibility index (Phi) is 6.56. The topological polar surface area (TPSA) is 66.5 Å². The molecule has 0 saturated carbocycles. The van der Waals surface area contributed by atoms with Crippen LogP contribution in [0.15, 0.2) is 41.8 Å². The van der Waals surface area contributed by atoms with Crippen molar-refractivity contribution in [2.45, 2.75) is 38.0 Å². The first kappa shape index (κ1) is 21.3. The van der Waals surface area contributed by atoms with Gasteiger partial charge in [-0.25, -0.2) is 13.2 Å². The number of hydrogen-bond acceptors (Lipinski definition) is 3. The van der Waals surface area contributed by atoms with Gasteiger partial charge in [-0.15, -0.1) is 0 Å². The molecular formula is C18H23F3N2O3S. The molecule has 1 aliphatic heterocycles. The number of amides is 2. The number of urea groups is 1. The third-order valence-corrected chi connectivity index (χ3v) is 5.13. The third kappa shape index (κ3) is 6.27. The van der Waals surface area contributed by atoms with Gasteiger partial charge in [0.15, 0.2) is 9.84 Å². The Balaban J connectivity index is 2.17. The van der Waals surface area contributed by atoms with E-state index in [1.54, 1.807) is 37.3 Å². The van der Waals surface area contributed by atoms with Crippen molar-refractivity contribution in [1.82, 2.24) is 10.2 Å². The molecule has 2 amide bonds. The first-order chi connectivity index (χ1) is 12.5. The summed E-state index contributed by atoms with van der Waals surface area (Å²) >= 11 is 0. The molecule has 1 saturated heterocycles. The lowest BCUT2D eigenvalue weighted by molar-refractivity contribution is -0.188. The van der Waals surface area contributed by atoms with E-state index in [9.17, 15) is 26.4 Å². The van der Waals surface area contributed by atoms with Crippen LogP contribution in [-0.4, -0.2) is 44.4 Å². The zero-order chi connectivity index (χ0) is 20.2. The van der Waals surface area contributed by atoms with Gasteiger partial charge in [0.05, 0.1) is 12.0 Å². The Morgan fingerprint density at radius 3 is 2.48 bits per heavy atom. The van der Waals surface area contributed by atoms with Crippen LogP contribution in [0.25, 0.3) is 0 Å². The van der Waals surface area contributed by atoms with Crippen LogP contribution in [0.1, 0.15) is 31.4 Å². The van der Waals surface area contributed by atoms with Crippen LogP contribution in [0, 0.1) is 5.92 Å². The Hall–Kier alpha value is -2.03. The van der Waals surface area contributed by atoms with Gasteiger partial charge in [0.25, 0.3) is 0 Å². The number of carbonyl (C=O) groups excluding carboxylic acids is 1. The fraction of sp³-hybridized carbons (Fsp3) is 0.500. The van der Waals surface area contributed by atoms with E-state index >= 15 is 0 Å². The van der Waals surface area contributed by atoms with Crippen LogP contribution in [-0.2, 0) is 9.84 Å². The van der Waals surface area contributed by atoms with Crippen LogP contribution in [0.2, 0.25) is 0 Å². The number of likely N-dealkylation sites (tertiary alicyclic amines) is 1. The fourth-order valence-electron chi connectivity index (χ4n) is 3.08. The molecule has 0 bridgehead atoms. The lowest BCUT2D eigenvalue weighted by Crippen LogP contribution is -2.49. The maximum atomic E-state index is 13.2. The summed E-state index contributed by atoms with van der Waals surface area (Å²) in [6.45, 7) is 1.57. The number of piperidine rings is 1. The third-order valence-electron chi connectivity index (χ3n) is 4.48. The minimum absolute atomic E-state index is 0.0297. The van der Waals surface area contributed by atoms with Gasteiger partial charge < -0.3 is 10.2 Å². The smallest absolute Gasteiger partial charge is 0.332 e. The molecule has 1 aromatic rings. The van der Waals surface area contributed by atoms with Gasteiger partial charge in [-0.3, -0.25) is 0 Å². The summed E-state index contributed by atoms with van der Waals surface area (Å²) in [7, 11) is -3.33. The van der Waals surface area contributed by atoms with E-state index in [4.69, 9.17) is 0 Å². The van der Waals surface area contributed by atoms with Crippen molar-refractivity contribution in [3.63, 3.8) is 0 Å². The first-order valence-corrected chi connectivity index (χ1v) is 10.5. The number of nitrogens with one attached hydrogen (secondary N) is 1.